The molecule has 0 spiro atoms. The number of aromatic nitrogens is 2. The van der Waals surface area contributed by atoms with Gasteiger partial charge in [0.05, 0.1) is 22.3 Å². The van der Waals surface area contributed by atoms with Crippen LogP contribution in [-0.4, -0.2) is 20.8 Å². The number of unbranched alkanes of at least 4 members (excludes halogenated alkanes) is 1. The molecule has 0 aliphatic rings. The molecule has 0 saturated carbocycles. The fraction of sp³-hybridized carbons (Fsp3) is 0.211. The molecule has 0 saturated heterocycles. The average Bonchev–Trinajstić information content (AvgIpc) is 2.60. The molecule has 0 bridgehead atoms. The molecule has 6 nitrogen and oxygen atoms in total. The Morgan fingerprint density at radius 3 is 2.64 bits per heavy atom. The standard InChI is InChI=1S/C19H19N3O3/c1-2-3-12-17-20-14-9-5-4-8-13(14)18(23)22(17)16-11-7-6-10-15(16)21-19(24)25/h4-11,21H,2-3,12H2,1H3,(H,24,25). The summed E-state index contributed by atoms with van der Waals surface area (Å²) in [5, 5.41) is 11.9. The van der Waals surface area contributed by atoms with Gasteiger partial charge in [-0.25, -0.2) is 9.78 Å². The SMILES string of the molecule is CCCCc1nc2ccccc2c(=O)n1-c1ccccc1NC(=O)O. The van der Waals surface area contributed by atoms with Crippen LogP contribution in [0.4, 0.5) is 10.5 Å². The topological polar surface area (TPSA) is 84.2 Å². The van der Waals surface area contributed by atoms with Crippen LogP contribution in [0.3, 0.4) is 0 Å². The van der Waals surface area contributed by atoms with Gasteiger partial charge in [-0.1, -0.05) is 37.6 Å². The lowest BCUT2D eigenvalue weighted by Gasteiger charge is -2.16. The number of rotatable bonds is 5. The van der Waals surface area contributed by atoms with Crippen molar-refractivity contribution in [3.63, 3.8) is 0 Å². The van der Waals surface area contributed by atoms with Crippen LogP contribution in [0.15, 0.2) is 53.3 Å². The van der Waals surface area contributed by atoms with E-state index in [4.69, 9.17) is 5.11 Å². The number of fused-ring (bicyclic) bond motifs is 1. The second kappa shape index (κ2) is 7.17. The van der Waals surface area contributed by atoms with Crippen LogP contribution in [-0.2, 0) is 6.42 Å². The molecule has 2 aromatic carbocycles. The average molecular weight is 337 g/mol. The molecular weight excluding hydrogens is 318 g/mol. The Morgan fingerprint density at radius 2 is 1.88 bits per heavy atom. The van der Waals surface area contributed by atoms with Gasteiger partial charge in [-0.15, -0.1) is 0 Å². The Hall–Kier alpha value is -3.15. The zero-order chi connectivity index (χ0) is 17.8. The number of nitrogens with zero attached hydrogens (tertiary/aromatic N) is 2. The summed E-state index contributed by atoms with van der Waals surface area (Å²) in [7, 11) is 0. The van der Waals surface area contributed by atoms with Gasteiger partial charge in [0.25, 0.3) is 5.56 Å². The lowest BCUT2D eigenvalue weighted by molar-refractivity contribution is 0.209. The molecule has 0 aliphatic heterocycles. The van der Waals surface area contributed by atoms with Crippen LogP contribution in [0, 0.1) is 0 Å². The molecule has 1 aromatic heterocycles. The first kappa shape index (κ1) is 16.7. The van der Waals surface area contributed by atoms with Crippen molar-refractivity contribution < 1.29 is 9.90 Å². The number of hydrogen-bond donors (Lipinski definition) is 2. The van der Waals surface area contributed by atoms with Gasteiger partial charge in [0, 0.05) is 6.42 Å². The lowest BCUT2D eigenvalue weighted by atomic mass is 10.2. The number of anilines is 1. The van der Waals surface area contributed by atoms with E-state index in [-0.39, 0.29) is 5.56 Å². The van der Waals surface area contributed by atoms with E-state index in [2.05, 4.69) is 17.2 Å². The minimum absolute atomic E-state index is 0.198. The summed E-state index contributed by atoms with van der Waals surface area (Å²) in [6.45, 7) is 2.07. The van der Waals surface area contributed by atoms with Crippen LogP contribution in [0.2, 0.25) is 0 Å². The van der Waals surface area contributed by atoms with Crippen LogP contribution in [0.5, 0.6) is 0 Å². The highest BCUT2D eigenvalue weighted by atomic mass is 16.4. The first-order valence-corrected chi connectivity index (χ1v) is 8.22. The predicted molar refractivity (Wildman–Crippen MR) is 97.6 cm³/mol. The molecule has 0 aliphatic carbocycles. The molecule has 0 radical (unpaired) electrons. The van der Waals surface area contributed by atoms with Crippen LogP contribution in [0.25, 0.3) is 16.6 Å². The third-order valence-corrected chi connectivity index (χ3v) is 3.99. The summed E-state index contributed by atoms with van der Waals surface area (Å²) < 4.78 is 1.52. The van der Waals surface area contributed by atoms with Gasteiger partial charge in [-0.05, 0) is 30.7 Å². The van der Waals surface area contributed by atoms with Crippen molar-refractivity contribution in [1.82, 2.24) is 9.55 Å². The third kappa shape index (κ3) is 3.38. The first-order chi connectivity index (χ1) is 12.1. The van der Waals surface area contributed by atoms with E-state index in [1.165, 1.54) is 4.57 Å². The number of amides is 1. The fourth-order valence-electron chi connectivity index (χ4n) is 2.82. The van der Waals surface area contributed by atoms with Crippen LogP contribution < -0.4 is 10.9 Å². The van der Waals surface area contributed by atoms with Gasteiger partial charge >= 0.3 is 6.09 Å². The largest absolute Gasteiger partial charge is 0.465 e. The minimum Gasteiger partial charge on any atom is -0.465 e. The highest BCUT2D eigenvalue weighted by Gasteiger charge is 2.15. The van der Waals surface area contributed by atoms with Crippen molar-refractivity contribution in [2.75, 3.05) is 5.32 Å². The molecule has 1 heterocycles. The number of nitrogens with one attached hydrogen (secondary N) is 1. The van der Waals surface area contributed by atoms with Gasteiger partial charge in [0.15, 0.2) is 0 Å². The number of carboxylic acid groups (broad SMARTS) is 1. The molecule has 3 rings (SSSR count). The smallest absolute Gasteiger partial charge is 0.409 e. The van der Waals surface area contributed by atoms with Crippen molar-refractivity contribution in [1.29, 1.82) is 0 Å². The first-order valence-electron chi connectivity index (χ1n) is 8.22. The highest BCUT2D eigenvalue weighted by Crippen LogP contribution is 2.22. The maximum atomic E-state index is 13.1. The summed E-state index contributed by atoms with van der Waals surface area (Å²) in [4.78, 5) is 28.8. The maximum Gasteiger partial charge on any atom is 0.409 e. The molecule has 0 fully saturated rings. The molecule has 2 N–H and O–H groups in total. The van der Waals surface area contributed by atoms with Gasteiger partial charge in [-0.3, -0.25) is 14.7 Å². The van der Waals surface area contributed by atoms with Crippen LogP contribution in [0.1, 0.15) is 25.6 Å². The summed E-state index contributed by atoms with van der Waals surface area (Å²) >= 11 is 0. The van der Waals surface area contributed by atoms with Gasteiger partial charge in [0.1, 0.15) is 5.82 Å². The van der Waals surface area contributed by atoms with E-state index in [1.54, 1.807) is 36.4 Å². The van der Waals surface area contributed by atoms with Crippen molar-refractivity contribution >= 4 is 22.7 Å². The molecule has 128 valence electrons. The van der Waals surface area contributed by atoms with Crippen molar-refractivity contribution in [2.24, 2.45) is 0 Å². The monoisotopic (exact) mass is 337 g/mol. The van der Waals surface area contributed by atoms with Crippen molar-refractivity contribution in [3.8, 4) is 5.69 Å². The molecule has 25 heavy (non-hydrogen) atoms. The Balaban J connectivity index is 2.29. The normalized spacial score (nSPS) is 10.8. The van der Waals surface area contributed by atoms with E-state index in [0.29, 0.717) is 34.5 Å². The zero-order valence-electron chi connectivity index (χ0n) is 13.9. The maximum absolute atomic E-state index is 13.1. The number of aryl methyl sites for hydroxylation is 1. The summed E-state index contributed by atoms with van der Waals surface area (Å²) in [6, 6.07) is 14.0. The van der Waals surface area contributed by atoms with E-state index in [1.807, 2.05) is 12.1 Å². The third-order valence-electron chi connectivity index (χ3n) is 3.99. The molecule has 3 aromatic rings. The van der Waals surface area contributed by atoms with Gasteiger partial charge < -0.3 is 5.11 Å². The number of carbonyl (C=O) groups is 1. The number of benzene rings is 2. The molecule has 0 atom stereocenters. The predicted octanol–water partition coefficient (Wildman–Crippen LogP) is 3.82. The lowest BCUT2D eigenvalue weighted by Crippen LogP contribution is -2.25. The summed E-state index contributed by atoms with van der Waals surface area (Å²) in [5.74, 6) is 0.630. The van der Waals surface area contributed by atoms with E-state index in [9.17, 15) is 9.59 Å². The number of para-hydroxylation sites is 3. The molecule has 0 unspecified atom stereocenters. The summed E-state index contributed by atoms with van der Waals surface area (Å²) in [5.41, 5.74) is 1.29. The molecular formula is C19H19N3O3. The highest BCUT2D eigenvalue weighted by molar-refractivity contribution is 5.86. The Labute approximate surface area is 144 Å². The quantitative estimate of drug-likeness (QED) is 0.741. The molecule has 1 amide bonds. The Morgan fingerprint density at radius 1 is 1.16 bits per heavy atom. The van der Waals surface area contributed by atoms with E-state index >= 15 is 0 Å². The van der Waals surface area contributed by atoms with Crippen molar-refractivity contribution in [2.45, 2.75) is 26.2 Å². The van der Waals surface area contributed by atoms with Crippen LogP contribution >= 0.6 is 0 Å². The molecule has 6 heteroatoms. The summed E-state index contributed by atoms with van der Waals surface area (Å²) in [6.07, 6.45) is 1.32. The van der Waals surface area contributed by atoms with E-state index in [0.717, 1.165) is 12.8 Å². The number of hydrogen-bond acceptors (Lipinski definition) is 3. The Kier molecular flexibility index (Phi) is 4.79. The van der Waals surface area contributed by atoms with Gasteiger partial charge in [-0.2, -0.15) is 0 Å². The van der Waals surface area contributed by atoms with Gasteiger partial charge in [0.2, 0.25) is 0 Å². The van der Waals surface area contributed by atoms with Crippen molar-refractivity contribution in [3.05, 3.63) is 64.7 Å². The van der Waals surface area contributed by atoms with E-state index < -0.39 is 6.09 Å². The second-order valence-electron chi connectivity index (χ2n) is 5.74. The zero-order valence-corrected chi connectivity index (χ0v) is 13.9. The second-order valence-corrected chi connectivity index (χ2v) is 5.74. The fourth-order valence-corrected chi connectivity index (χ4v) is 2.82. The minimum atomic E-state index is -1.18. The Bertz CT molecular complexity index is 979.